The van der Waals surface area contributed by atoms with E-state index in [-0.39, 0.29) is 114 Å². The molecule has 0 aliphatic carbocycles. The lowest BCUT2D eigenvalue weighted by molar-refractivity contribution is -0.136. The molecule has 30 heteroatoms. The Balaban J connectivity index is 1.51. The van der Waals surface area contributed by atoms with Gasteiger partial charge in [0.15, 0.2) is 23.8 Å². The van der Waals surface area contributed by atoms with Gasteiger partial charge < -0.3 is 93.5 Å². The van der Waals surface area contributed by atoms with Crippen LogP contribution in [0.3, 0.4) is 0 Å². The number of benzene rings is 3. The molecular formula is C55H80N22O8. The summed E-state index contributed by atoms with van der Waals surface area (Å²) in [4.78, 5) is 123. The number of fused-ring (bicyclic) bond motifs is 2. The smallest absolute Gasteiger partial charge is 0.266 e. The van der Waals surface area contributed by atoms with Crippen LogP contribution in [0.2, 0.25) is 0 Å². The summed E-state index contributed by atoms with van der Waals surface area (Å²) in [5.41, 5.74) is 55.4. The van der Waals surface area contributed by atoms with E-state index in [9.17, 15) is 34.0 Å². The number of carbonyl (C=O) groups excluding carboxylic acids is 7. The summed E-state index contributed by atoms with van der Waals surface area (Å²) < 4.78 is 0. The zero-order valence-corrected chi connectivity index (χ0v) is 47.1. The first-order valence-electron chi connectivity index (χ1n) is 27.6. The van der Waals surface area contributed by atoms with E-state index < -0.39 is 83.6 Å². The van der Waals surface area contributed by atoms with Crippen molar-refractivity contribution in [2.45, 2.75) is 113 Å². The largest absolute Gasteiger partial charge is 0.370 e. The van der Waals surface area contributed by atoms with Crippen LogP contribution in [-0.2, 0) is 52.8 Å². The molecule has 5 aromatic rings. The third-order valence-corrected chi connectivity index (χ3v) is 13.5. The number of nitrogens with one attached hydrogen (secondary N) is 9. The van der Waals surface area contributed by atoms with E-state index >= 15 is 4.79 Å². The Labute approximate surface area is 490 Å². The van der Waals surface area contributed by atoms with Crippen molar-refractivity contribution < 1.29 is 38.8 Å². The third-order valence-electron chi connectivity index (χ3n) is 13.5. The normalized spacial score (nSPS) is 13.4. The first-order chi connectivity index (χ1) is 40.7. The first-order valence-corrected chi connectivity index (χ1v) is 27.6. The molecule has 28 N–H and O–H groups in total. The molecule has 0 aliphatic rings. The minimum Gasteiger partial charge on any atom is -0.370 e. The van der Waals surface area contributed by atoms with Crippen LogP contribution in [0.4, 0.5) is 0 Å². The number of para-hydroxylation sites is 2. The Kier molecular flexibility index (Phi) is 26.2. The Hall–Kier alpha value is -9.97. The molecule has 0 unspecified atom stereocenters. The molecule has 458 valence electrons. The average Bonchev–Trinajstić information content (AvgIpc) is 4.35. The van der Waals surface area contributed by atoms with E-state index in [1.165, 1.54) is 0 Å². The van der Waals surface area contributed by atoms with Gasteiger partial charge in [-0.1, -0.05) is 66.7 Å². The molecule has 0 saturated carbocycles. The van der Waals surface area contributed by atoms with E-state index in [2.05, 4.69) is 61.8 Å². The number of hydroxylamine groups is 1. The monoisotopic (exact) mass is 1180 g/mol. The molecule has 0 saturated heterocycles. The highest BCUT2D eigenvalue weighted by Crippen LogP contribution is 2.22. The predicted molar refractivity (Wildman–Crippen MR) is 323 cm³/mol. The molecule has 85 heavy (non-hydrogen) atoms. The molecule has 0 fully saturated rings. The lowest BCUT2D eigenvalue weighted by Crippen LogP contribution is -2.60. The number of aromatic nitrogens is 2. The van der Waals surface area contributed by atoms with Crippen LogP contribution in [0, 0.1) is 0 Å². The number of hydrogen-bond acceptors (Lipinski definition) is 13. The maximum Gasteiger partial charge on any atom is 0.266 e. The highest BCUT2D eigenvalue weighted by Gasteiger charge is 2.35. The zero-order valence-electron chi connectivity index (χ0n) is 47.1. The molecule has 7 atom stereocenters. The number of guanidine groups is 4. The van der Waals surface area contributed by atoms with Gasteiger partial charge in [0.05, 0.1) is 6.04 Å². The summed E-state index contributed by atoms with van der Waals surface area (Å²) in [6.45, 7) is 0.380. The Morgan fingerprint density at radius 2 is 0.718 bits per heavy atom. The summed E-state index contributed by atoms with van der Waals surface area (Å²) in [7, 11) is 0. The van der Waals surface area contributed by atoms with Gasteiger partial charge in [0.25, 0.3) is 5.91 Å². The van der Waals surface area contributed by atoms with Crippen LogP contribution >= 0.6 is 0 Å². The molecular weight excluding hydrogens is 1100 g/mol. The van der Waals surface area contributed by atoms with E-state index in [1.807, 2.05) is 36.4 Å². The Bertz CT molecular complexity index is 3150. The minimum atomic E-state index is -1.47. The van der Waals surface area contributed by atoms with Crippen molar-refractivity contribution in [3.8, 4) is 0 Å². The number of nitrogens with two attached hydrogens (primary N) is 9. The number of rotatable bonds is 35. The molecule has 0 aliphatic heterocycles. The summed E-state index contributed by atoms with van der Waals surface area (Å²) >= 11 is 0. The number of nitrogens with zero attached hydrogens (tertiary/aromatic N) is 4. The number of amides is 7. The number of carbonyl (C=O) groups is 7. The van der Waals surface area contributed by atoms with Crippen molar-refractivity contribution in [3.63, 3.8) is 0 Å². The van der Waals surface area contributed by atoms with Crippen molar-refractivity contribution in [1.82, 2.24) is 47.3 Å². The second-order valence-corrected chi connectivity index (χ2v) is 20.1. The van der Waals surface area contributed by atoms with Crippen molar-refractivity contribution in [2.75, 3.05) is 26.2 Å². The summed E-state index contributed by atoms with van der Waals surface area (Å²) in [6, 6.07) is 13.9. The average molecular weight is 1180 g/mol. The minimum absolute atomic E-state index is 0.00602. The third kappa shape index (κ3) is 22.0. The standard InChI is InChI=1S/C55H80N22O8/c56-36(16-8-22-65-52(57)58)45(78)71-39(19-9-23-66-53(59)60)46(79)72-40(20-10-24-67-54(61)62)48(81)75-44(28-33-30-70-38-18-7-5-15-35(33)38)50(83)76-43(27-32-29-69-37-17-6-4-14-34(32)37)49(82)73-41(21-11-25-68-55(63)64)47(80)74-42(51(84)77-85)26-31-12-2-1-3-13-31/h1-7,12-15,17-18,29-30,36,39-44,69-70,85H,8-11,16,19-28,56H2,(H,71,78)(H,72,79)(H,73,82)(H,74,80)(H,75,81)(H,76,83)(H,77,84)(H4,57,58,65)(H4,59,60,66)(H4,61,62,67)(H4,63,64,68)/t36-,39-,40-,41-,42-,43-,44-/m0/s1. The topological polar surface area (TPSA) is 539 Å². The zero-order chi connectivity index (χ0) is 61.8. The van der Waals surface area contributed by atoms with Crippen molar-refractivity contribution in [1.29, 1.82) is 0 Å². The fourth-order valence-electron chi connectivity index (χ4n) is 9.20. The first kappa shape index (κ1) is 65.8. The lowest BCUT2D eigenvalue weighted by atomic mass is 10.00. The van der Waals surface area contributed by atoms with Crippen LogP contribution < -0.4 is 89.0 Å². The maximum atomic E-state index is 15.2. The van der Waals surface area contributed by atoms with Gasteiger partial charge in [-0.05, 0) is 80.2 Å². The van der Waals surface area contributed by atoms with Gasteiger partial charge in [0.1, 0.15) is 36.3 Å². The second kappa shape index (κ2) is 33.8. The van der Waals surface area contributed by atoms with Crippen molar-refractivity contribution >= 4 is 87.0 Å². The molecule has 3 aromatic carbocycles. The number of aliphatic imine (C=N–C) groups is 4. The van der Waals surface area contributed by atoms with E-state index in [4.69, 9.17) is 51.6 Å². The fourth-order valence-corrected chi connectivity index (χ4v) is 9.20. The van der Waals surface area contributed by atoms with Crippen LogP contribution in [0.25, 0.3) is 21.8 Å². The molecule has 7 amide bonds. The Morgan fingerprint density at radius 3 is 1.09 bits per heavy atom. The van der Waals surface area contributed by atoms with E-state index in [0.29, 0.717) is 28.5 Å². The van der Waals surface area contributed by atoms with Gasteiger partial charge in [0.2, 0.25) is 35.4 Å². The van der Waals surface area contributed by atoms with Crippen molar-refractivity contribution in [2.24, 2.45) is 71.6 Å². The van der Waals surface area contributed by atoms with Crippen LogP contribution in [-0.4, -0.2) is 149 Å². The van der Waals surface area contributed by atoms with Crippen LogP contribution in [0.15, 0.2) is 111 Å². The maximum absolute atomic E-state index is 15.2. The lowest BCUT2D eigenvalue weighted by Gasteiger charge is -2.28. The number of hydrogen-bond donors (Lipinski definition) is 19. The van der Waals surface area contributed by atoms with Crippen LogP contribution in [0.1, 0.15) is 68.1 Å². The van der Waals surface area contributed by atoms with Gasteiger partial charge in [-0.15, -0.1) is 0 Å². The molecule has 0 radical (unpaired) electrons. The van der Waals surface area contributed by atoms with E-state index in [0.717, 1.165) is 16.4 Å². The Morgan fingerprint density at radius 1 is 0.400 bits per heavy atom. The summed E-state index contributed by atoms with van der Waals surface area (Å²) in [5, 5.41) is 27.6. The SMILES string of the molecule is NC(N)=NCCC[C@H](NC(=O)[C@H](Cc1c[nH]c2ccccc12)NC(=O)[C@H](Cc1c[nH]c2ccccc12)NC(=O)[C@H](CCCN=C(N)N)NC(=O)[C@H](CCCN=C(N)N)NC(=O)[C@@H](N)CCCN=C(N)N)C(=O)N[C@@H](Cc1ccccc1)C(=O)NO. The summed E-state index contributed by atoms with van der Waals surface area (Å²) in [6.07, 6.45) is 3.86. The molecule has 2 heterocycles. The van der Waals surface area contributed by atoms with Gasteiger partial charge >= 0.3 is 0 Å². The molecule has 30 nitrogen and oxygen atoms in total. The molecule has 5 rings (SSSR count). The number of aromatic amines is 2. The van der Waals surface area contributed by atoms with Gasteiger partial charge in [-0.25, -0.2) is 5.48 Å². The molecule has 2 aromatic heterocycles. The van der Waals surface area contributed by atoms with E-state index in [1.54, 1.807) is 60.3 Å². The van der Waals surface area contributed by atoms with Gasteiger partial charge in [-0.2, -0.15) is 0 Å². The highest BCUT2D eigenvalue weighted by molar-refractivity contribution is 5.98. The van der Waals surface area contributed by atoms with Gasteiger partial charge in [-0.3, -0.25) is 58.7 Å². The quantitative estimate of drug-likeness (QED) is 0.00619. The highest BCUT2D eigenvalue weighted by atomic mass is 16.5. The van der Waals surface area contributed by atoms with Crippen LogP contribution in [0.5, 0.6) is 0 Å². The molecule has 0 bridgehead atoms. The van der Waals surface area contributed by atoms with Crippen molar-refractivity contribution in [3.05, 3.63) is 108 Å². The predicted octanol–water partition coefficient (Wildman–Crippen LogP) is -3.37. The fraction of sp³-hybridized carbons (Fsp3) is 0.400. The summed E-state index contributed by atoms with van der Waals surface area (Å²) in [5.74, 6) is -6.48. The second-order valence-electron chi connectivity index (χ2n) is 20.1. The molecule has 0 spiro atoms. The van der Waals surface area contributed by atoms with Gasteiger partial charge in [0, 0.05) is 79.6 Å². The number of H-pyrrole nitrogens is 2.